The highest BCUT2D eigenvalue weighted by atomic mass is 19.1. The van der Waals surface area contributed by atoms with Crippen molar-refractivity contribution in [2.45, 2.75) is 37.5 Å². The van der Waals surface area contributed by atoms with Crippen molar-refractivity contribution in [3.63, 3.8) is 0 Å². The van der Waals surface area contributed by atoms with Gasteiger partial charge < -0.3 is 15.4 Å². The molecule has 1 atom stereocenters. The summed E-state index contributed by atoms with van der Waals surface area (Å²) in [6.45, 7) is 3.42. The minimum Gasteiger partial charge on any atom is -0.371 e. The largest absolute Gasteiger partial charge is 0.371 e. The molecule has 9 nitrogen and oxygen atoms in total. The van der Waals surface area contributed by atoms with E-state index in [0.717, 1.165) is 30.2 Å². The summed E-state index contributed by atoms with van der Waals surface area (Å²) in [5.41, 5.74) is 6.23. The van der Waals surface area contributed by atoms with Crippen LogP contribution in [0, 0.1) is 17.7 Å². The number of aliphatic hydroxyl groups is 1. The van der Waals surface area contributed by atoms with Gasteiger partial charge in [0, 0.05) is 48.7 Å². The summed E-state index contributed by atoms with van der Waals surface area (Å²) in [7, 11) is 0. The van der Waals surface area contributed by atoms with Gasteiger partial charge in [0.25, 0.3) is 0 Å². The molecule has 6 rings (SSSR count). The molecule has 1 saturated heterocycles. The van der Waals surface area contributed by atoms with Crippen molar-refractivity contribution >= 4 is 16.9 Å². The maximum Gasteiger partial charge on any atom is 0.220 e. The SMILES string of the molecule is CC(O)(C#Cc1cc2c(-c3nc(N)ncc3F)cn(C3CN(C4CC4)C3)c2cn1)c1ncccn1. The Bertz CT molecular complexity index is 1480. The Morgan fingerprint density at radius 1 is 1.11 bits per heavy atom. The van der Waals surface area contributed by atoms with E-state index in [1.807, 2.05) is 6.20 Å². The van der Waals surface area contributed by atoms with Crippen LogP contribution in [-0.4, -0.2) is 58.6 Å². The van der Waals surface area contributed by atoms with Crippen LogP contribution < -0.4 is 5.73 Å². The van der Waals surface area contributed by atoms with Crippen LogP contribution in [0.2, 0.25) is 0 Å². The van der Waals surface area contributed by atoms with Crippen molar-refractivity contribution in [1.82, 2.24) is 34.4 Å². The number of anilines is 1. The Morgan fingerprint density at radius 2 is 1.89 bits per heavy atom. The second-order valence-electron chi connectivity index (χ2n) is 9.19. The molecule has 0 bridgehead atoms. The lowest BCUT2D eigenvalue weighted by molar-refractivity contribution is 0.101. The minimum atomic E-state index is -1.56. The molecule has 2 aliphatic rings. The second kappa shape index (κ2) is 8.08. The smallest absolute Gasteiger partial charge is 0.220 e. The van der Waals surface area contributed by atoms with Gasteiger partial charge in [0.2, 0.25) is 5.95 Å². The van der Waals surface area contributed by atoms with Gasteiger partial charge in [-0.1, -0.05) is 5.92 Å². The summed E-state index contributed by atoms with van der Waals surface area (Å²) in [5, 5.41) is 11.5. The number of rotatable bonds is 4. The van der Waals surface area contributed by atoms with Crippen molar-refractivity contribution in [3.05, 3.63) is 60.5 Å². The molecule has 1 aliphatic heterocycles. The highest BCUT2D eigenvalue weighted by Gasteiger charge is 2.39. The van der Waals surface area contributed by atoms with Gasteiger partial charge in [0.15, 0.2) is 17.2 Å². The van der Waals surface area contributed by atoms with Crippen molar-refractivity contribution in [2.75, 3.05) is 18.8 Å². The predicted molar refractivity (Wildman–Crippen MR) is 127 cm³/mol. The Labute approximate surface area is 200 Å². The van der Waals surface area contributed by atoms with E-state index in [1.165, 1.54) is 19.8 Å². The molecule has 4 aromatic rings. The molecule has 10 heteroatoms. The highest BCUT2D eigenvalue weighted by molar-refractivity contribution is 5.95. The number of nitrogens with zero attached hydrogens (tertiary/aromatic N) is 7. The normalized spacial score (nSPS) is 18.0. The summed E-state index contributed by atoms with van der Waals surface area (Å²) >= 11 is 0. The monoisotopic (exact) mass is 470 g/mol. The standard InChI is InChI=1S/C25H23FN8O/c1-25(35,23-28-7-2-8-29-23)6-5-15-9-18-19(22-20(26)10-31-24(27)32-22)14-34(21(18)11-30-15)17-12-33(13-17)16-3-4-16/h2,7-11,14,16-17,35H,3-4,12-13H2,1H3,(H2,27,31,32). The number of halogens is 1. The maximum absolute atomic E-state index is 14.8. The maximum atomic E-state index is 14.8. The zero-order valence-corrected chi connectivity index (χ0v) is 19.1. The summed E-state index contributed by atoms with van der Waals surface area (Å²) in [4.78, 5) is 23.1. The molecular weight excluding hydrogens is 447 g/mol. The van der Waals surface area contributed by atoms with E-state index >= 15 is 0 Å². The Morgan fingerprint density at radius 3 is 2.63 bits per heavy atom. The molecular formula is C25H23FN8O. The molecule has 0 spiro atoms. The van der Waals surface area contributed by atoms with Gasteiger partial charge >= 0.3 is 0 Å². The fourth-order valence-electron chi connectivity index (χ4n) is 4.47. The number of fused-ring (bicyclic) bond motifs is 1. The van der Waals surface area contributed by atoms with Gasteiger partial charge in [0.05, 0.1) is 24.0 Å². The van der Waals surface area contributed by atoms with E-state index in [-0.39, 0.29) is 23.5 Å². The number of nitrogen functional groups attached to an aromatic ring is 1. The first-order valence-electron chi connectivity index (χ1n) is 11.4. The lowest BCUT2D eigenvalue weighted by Gasteiger charge is -2.40. The lowest BCUT2D eigenvalue weighted by Crippen LogP contribution is -2.48. The van der Waals surface area contributed by atoms with Gasteiger partial charge in [-0.15, -0.1) is 0 Å². The van der Waals surface area contributed by atoms with Crippen LogP contribution in [0.1, 0.15) is 37.3 Å². The molecule has 176 valence electrons. The molecule has 1 saturated carbocycles. The van der Waals surface area contributed by atoms with Crippen LogP contribution in [0.15, 0.2) is 43.1 Å². The molecule has 35 heavy (non-hydrogen) atoms. The fourth-order valence-corrected chi connectivity index (χ4v) is 4.47. The first-order chi connectivity index (χ1) is 16.9. The molecule has 1 unspecified atom stereocenters. The van der Waals surface area contributed by atoms with E-state index in [2.05, 4.69) is 46.2 Å². The zero-order valence-electron chi connectivity index (χ0n) is 19.1. The van der Waals surface area contributed by atoms with E-state index in [9.17, 15) is 9.50 Å². The number of hydrogen-bond donors (Lipinski definition) is 2. The summed E-state index contributed by atoms with van der Waals surface area (Å²) in [6, 6.07) is 4.42. The van der Waals surface area contributed by atoms with Crippen molar-refractivity contribution in [2.24, 2.45) is 0 Å². The van der Waals surface area contributed by atoms with Gasteiger partial charge in [-0.25, -0.2) is 29.3 Å². The number of nitrogens with two attached hydrogens (primary N) is 1. The second-order valence-corrected chi connectivity index (χ2v) is 9.19. The number of aromatic nitrogens is 6. The Hall–Kier alpha value is -3.94. The quantitative estimate of drug-likeness (QED) is 0.436. The molecule has 1 aliphatic carbocycles. The van der Waals surface area contributed by atoms with Crippen molar-refractivity contribution in [1.29, 1.82) is 0 Å². The zero-order chi connectivity index (χ0) is 24.2. The van der Waals surface area contributed by atoms with E-state index in [0.29, 0.717) is 17.3 Å². The third-order valence-corrected chi connectivity index (χ3v) is 6.52. The highest BCUT2D eigenvalue weighted by Crippen LogP contribution is 2.39. The predicted octanol–water partition coefficient (Wildman–Crippen LogP) is 2.28. The van der Waals surface area contributed by atoms with Gasteiger partial charge in [-0.05, 0) is 37.8 Å². The number of hydrogen-bond acceptors (Lipinski definition) is 8. The van der Waals surface area contributed by atoms with Crippen LogP contribution in [0.3, 0.4) is 0 Å². The van der Waals surface area contributed by atoms with Gasteiger partial charge in [-0.2, -0.15) is 0 Å². The van der Waals surface area contributed by atoms with Crippen molar-refractivity contribution < 1.29 is 9.50 Å². The molecule has 0 aromatic carbocycles. The summed E-state index contributed by atoms with van der Waals surface area (Å²) in [6.07, 6.45) is 10.3. The third kappa shape index (κ3) is 3.99. The van der Waals surface area contributed by atoms with Crippen LogP contribution in [-0.2, 0) is 5.60 Å². The van der Waals surface area contributed by atoms with Gasteiger partial charge in [-0.3, -0.25) is 4.90 Å². The fraction of sp³-hybridized carbons (Fsp3) is 0.320. The average Bonchev–Trinajstić information content (AvgIpc) is 3.60. The van der Waals surface area contributed by atoms with Crippen LogP contribution in [0.25, 0.3) is 22.2 Å². The van der Waals surface area contributed by atoms with E-state index in [1.54, 1.807) is 30.7 Å². The van der Waals surface area contributed by atoms with Crippen LogP contribution in [0.5, 0.6) is 0 Å². The topological polar surface area (TPSA) is 119 Å². The van der Waals surface area contributed by atoms with E-state index < -0.39 is 11.4 Å². The molecule has 3 N–H and O–H groups in total. The van der Waals surface area contributed by atoms with Crippen LogP contribution >= 0.6 is 0 Å². The number of pyridine rings is 1. The Kier molecular flexibility index (Phi) is 4.98. The van der Waals surface area contributed by atoms with Crippen LogP contribution in [0.4, 0.5) is 10.3 Å². The molecule has 0 radical (unpaired) electrons. The average molecular weight is 471 g/mol. The van der Waals surface area contributed by atoms with E-state index in [4.69, 9.17) is 5.73 Å². The molecule has 5 heterocycles. The Balaban J connectivity index is 1.42. The van der Waals surface area contributed by atoms with Gasteiger partial charge in [0.1, 0.15) is 11.4 Å². The number of likely N-dealkylation sites (tertiary alicyclic amines) is 1. The molecule has 2 fully saturated rings. The van der Waals surface area contributed by atoms with Crippen molar-refractivity contribution in [3.8, 4) is 23.1 Å². The lowest BCUT2D eigenvalue weighted by atomic mass is 10.1. The first kappa shape index (κ1) is 21.6. The minimum absolute atomic E-state index is 0.00108. The molecule has 4 aromatic heterocycles. The third-order valence-electron chi connectivity index (χ3n) is 6.52. The molecule has 0 amide bonds. The summed E-state index contributed by atoms with van der Waals surface area (Å²) in [5.74, 6) is 5.36. The summed E-state index contributed by atoms with van der Waals surface area (Å²) < 4.78 is 16.9. The first-order valence-corrected chi connectivity index (χ1v) is 11.4.